The Morgan fingerprint density at radius 3 is 2.90 bits per heavy atom. The quantitative estimate of drug-likeness (QED) is 0.891. The molecule has 20 heavy (non-hydrogen) atoms. The predicted molar refractivity (Wildman–Crippen MR) is 70.0 cm³/mol. The van der Waals surface area contributed by atoms with Gasteiger partial charge < -0.3 is 19.4 Å². The van der Waals surface area contributed by atoms with Gasteiger partial charge in [-0.1, -0.05) is 18.0 Å². The molecule has 1 amide bonds. The highest BCUT2D eigenvalue weighted by Crippen LogP contribution is 2.28. The standard InChI is InChI=1S/C14H16N2O4/c17-13(15-9-14(18)5-1-2-6-14)10-8-12(20-16-10)11-4-3-7-19-11/h3-4,7-8,18H,1-2,5-6,9H2,(H,15,17). The maximum atomic E-state index is 12.0. The van der Waals surface area contributed by atoms with Crippen molar-refractivity contribution >= 4 is 5.91 Å². The first-order valence-electron chi connectivity index (χ1n) is 6.67. The Morgan fingerprint density at radius 1 is 1.40 bits per heavy atom. The topological polar surface area (TPSA) is 88.5 Å². The van der Waals surface area contributed by atoms with Gasteiger partial charge in [0, 0.05) is 12.6 Å². The van der Waals surface area contributed by atoms with Crippen LogP contribution in [0.2, 0.25) is 0 Å². The van der Waals surface area contributed by atoms with Crippen LogP contribution in [0.15, 0.2) is 33.4 Å². The van der Waals surface area contributed by atoms with E-state index in [9.17, 15) is 9.90 Å². The van der Waals surface area contributed by atoms with Crippen molar-refractivity contribution in [2.75, 3.05) is 6.54 Å². The molecule has 1 aliphatic rings. The first-order chi connectivity index (χ1) is 9.66. The molecule has 0 aliphatic heterocycles. The predicted octanol–water partition coefficient (Wildman–Crippen LogP) is 1.97. The molecule has 0 spiro atoms. The Morgan fingerprint density at radius 2 is 2.20 bits per heavy atom. The van der Waals surface area contributed by atoms with E-state index < -0.39 is 5.60 Å². The average molecular weight is 276 g/mol. The molecule has 2 aromatic heterocycles. The number of aromatic nitrogens is 1. The van der Waals surface area contributed by atoms with Crippen molar-refractivity contribution in [3.05, 3.63) is 30.2 Å². The normalized spacial score (nSPS) is 17.2. The number of nitrogens with zero attached hydrogens (tertiary/aromatic N) is 1. The van der Waals surface area contributed by atoms with Crippen LogP contribution in [0, 0.1) is 0 Å². The van der Waals surface area contributed by atoms with E-state index in [1.807, 2.05) is 0 Å². The van der Waals surface area contributed by atoms with E-state index in [-0.39, 0.29) is 18.1 Å². The molecule has 0 aromatic carbocycles. The molecule has 1 fully saturated rings. The van der Waals surface area contributed by atoms with E-state index in [0.717, 1.165) is 25.7 Å². The van der Waals surface area contributed by atoms with Gasteiger partial charge in [0.25, 0.3) is 5.91 Å². The van der Waals surface area contributed by atoms with Crippen molar-refractivity contribution in [1.82, 2.24) is 10.5 Å². The van der Waals surface area contributed by atoms with Crippen molar-refractivity contribution in [2.45, 2.75) is 31.3 Å². The zero-order valence-electron chi connectivity index (χ0n) is 11.0. The van der Waals surface area contributed by atoms with E-state index in [1.165, 1.54) is 12.3 Å². The summed E-state index contributed by atoms with van der Waals surface area (Å²) in [6, 6.07) is 4.98. The van der Waals surface area contributed by atoms with E-state index in [2.05, 4.69) is 10.5 Å². The summed E-state index contributed by atoms with van der Waals surface area (Å²) < 4.78 is 10.2. The number of hydrogen-bond donors (Lipinski definition) is 2. The minimum absolute atomic E-state index is 0.179. The summed E-state index contributed by atoms with van der Waals surface area (Å²) in [7, 11) is 0. The monoisotopic (exact) mass is 276 g/mol. The fourth-order valence-corrected chi connectivity index (χ4v) is 2.46. The van der Waals surface area contributed by atoms with Crippen molar-refractivity contribution in [3.8, 4) is 11.5 Å². The second-order valence-electron chi connectivity index (χ2n) is 5.17. The third kappa shape index (κ3) is 2.60. The Balaban J connectivity index is 1.63. The maximum Gasteiger partial charge on any atom is 0.273 e. The van der Waals surface area contributed by atoms with Crippen LogP contribution in [0.3, 0.4) is 0 Å². The summed E-state index contributed by atoms with van der Waals surface area (Å²) in [6.45, 7) is 0.245. The van der Waals surface area contributed by atoms with Crippen LogP contribution in [0.5, 0.6) is 0 Å². The summed E-state index contributed by atoms with van der Waals surface area (Å²) in [5.74, 6) is 0.567. The van der Waals surface area contributed by atoms with Gasteiger partial charge in [-0.2, -0.15) is 0 Å². The highest BCUT2D eigenvalue weighted by atomic mass is 16.5. The van der Waals surface area contributed by atoms with Gasteiger partial charge in [0.05, 0.1) is 11.9 Å². The Hall–Kier alpha value is -2.08. The Bertz CT molecular complexity index is 582. The Kier molecular flexibility index (Phi) is 3.31. The molecule has 0 bridgehead atoms. The van der Waals surface area contributed by atoms with Gasteiger partial charge >= 0.3 is 0 Å². The first-order valence-corrected chi connectivity index (χ1v) is 6.67. The Labute approximate surface area is 115 Å². The second-order valence-corrected chi connectivity index (χ2v) is 5.17. The lowest BCUT2D eigenvalue weighted by Crippen LogP contribution is -2.40. The van der Waals surface area contributed by atoms with Gasteiger partial charge in [0.15, 0.2) is 11.5 Å². The lowest BCUT2D eigenvalue weighted by Gasteiger charge is -2.21. The lowest BCUT2D eigenvalue weighted by molar-refractivity contribution is 0.0448. The lowest BCUT2D eigenvalue weighted by atomic mass is 10.0. The molecular weight excluding hydrogens is 260 g/mol. The van der Waals surface area contributed by atoms with E-state index >= 15 is 0 Å². The molecule has 0 unspecified atom stereocenters. The smallest absolute Gasteiger partial charge is 0.273 e. The number of hydrogen-bond acceptors (Lipinski definition) is 5. The van der Waals surface area contributed by atoms with Crippen molar-refractivity contribution in [2.24, 2.45) is 0 Å². The average Bonchev–Trinajstić information content (AvgIpc) is 3.16. The minimum atomic E-state index is -0.775. The summed E-state index contributed by atoms with van der Waals surface area (Å²) in [5.41, 5.74) is -0.596. The van der Waals surface area contributed by atoms with Gasteiger partial charge in [-0.05, 0) is 25.0 Å². The van der Waals surface area contributed by atoms with Gasteiger partial charge in [0.1, 0.15) is 0 Å². The van der Waals surface area contributed by atoms with Crippen molar-refractivity contribution in [3.63, 3.8) is 0 Å². The minimum Gasteiger partial charge on any atom is -0.461 e. The number of carbonyl (C=O) groups excluding carboxylic acids is 1. The zero-order valence-corrected chi connectivity index (χ0v) is 11.0. The molecule has 1 aliphatic carbocycles. The summed E-state index contributed by atoms with van der Waals surface area (Å²) in [4.78, 5) is 12.0. The van der Waals surface area contributed by atoms with E-state index in [0.29, 0.717) is 11.5 Å². The third-order valence-corrected chi connectivity index (χ3v) is 3.62. The summed E-state index contributed by atoms with van der Waals surface area (Å²) in [5, 5.41) is 16.6. The SMILES string of the molecule is O=C(NCC1(O)CCCC1)c1cc(-c2ccco2)on1. The van der Waals surface area contributed by atoms with Crippen LogP contribution in [0.4, 0.5) is 0 Å². The van der Waals surface area contributed by atoms with E-state index in [1.54, 1.807) is 12.1 Å². The van der Waals surface area contributed by atoms with Gasteiger partial charge in [-0.3, -0.25) is 4.79 Å². The molecule has 3 rings (SSSR count). The first kappa shape index (κ1) is 12.9. The number of furan rings is 1. The number of carbonyl (C=O) groups is 1. The summed E-state index contributed by atoms with van der Waals surface area (Å²) >= 11 is 0. The zero-order chi connectivity index (χ0) is 14.0. The van der Waals surface area contributed by atoms with Crippen LogP contribution < -0.4 is 5.32 Å². The highest BCUT2D eigenvalue weighted by molar-refractivity contribution is 5.92. The fraction of sp³-hybridized carbons (Fsp3) is 0.429. The van der Waals surface area contributed by atoms with Crippen LogP contribution in [-0.2, 0) is 0 Å². The number of aliphatic hydroxyl groups is 1. The van der Waals surface area contributed by atoms with Crippen LogP contribution in [0.1, 0.15) is 36.2 Å². The van der Waals surface area contributed by atoms with E-state index in [4.69, 9.17) is 8.94 Å². The van der Waals surface area contributed by atoms with Gasteiger partial charge in [-0.25, -0.2) is 0 Å². The number of amides is 1. The molecule has 106 valence electrons. The number of nitrogens with one attached hydrogen (secondary N) is 1. The van der Waals surface area contributed by atoms with Crippen LogP contribution >= 0.6 is 0 Å². The largest absolute Gasteiger partial charge is 0.461 e. The fourth-order valence-electron chi connectivity index (χ4n) is 2.46. The molecule has 0 saturated heterocycles. The van der Waals surface area contributed by atoms with Crippen molar-refractivity contribution < 1.29 is 18.8 Å². The molecule has 6 heteroatoms. The molecule has 1 saturated carbocycles. The summed E-state index contributed by atoms with van der Waals surface area (Å²) in [6.07, 6.45) is 4.97. The highest BCUT2D eigenvalue weighted by Gasteiger charge is 2.31. The molecule has 2 N–H and O–H groups in total. The molecule has 0 atom stereocenters. The molecule has 0 radical (unpaired) electrons. The van der Waals surface area contributed by atoms with Gasteiger partial charge in [0.2, 0.25) is 5.76 Å². The third-order valence-electron chi connectivity index (χ3n) is 3.62. The van der Waals surface area contributed by atoms with Gasteiger partial charge in [-0.15, -0.1) is 0 Å². The van der Waals surface area contributed by atoms with Crippen LogP contribution in [0.25, 0.3) is 11.5 Å². The molecule has 2 heterocycles. The molecular formula is C14H16N2O4. The van der Waals surface area contributed by atoms with Crippen LogP contribution in [-0.4, -0.2) is 28.3 Å². The molecule has 6 nitrogen and oxygen atoms in total. The van der Waals surface area contributed by atoms with Crippen molar-refractivity contribution in [1.29, 1.82) is 0 Å². The molecule has 2 aromatic rings. The maximum absolute atomic E-state index is 12.0. The number of rotatable bonds is 4. The second kappa shape index (κ2) is 5.13.